The number of para-hydroxylation sites is 1. The molecule has 0 aliphatic carbocycles. The molecule has 0 saturated heterocycles. The molecule has 2 unspecified atom stereocenters. The molecule has 0 bridgehead atoms. The predicted molar refractivity (Wildman–Crippen MR) is 73.1 cm³/mol. The standard InChI is InChI=1S/C13H19ClN2O2/c1-9(15-3)8-16-13(17)10(2)18-12-7-5-4-6-11(12)14/h4-7,9-10,15H,8H2,1-3H3,(H,16,17). The quantitative estimate of drug-likeness (QED) is 0.829. The maximum absolute atomic E-state index is 11.8. The lowest BCUT2D eigenvalue weighted by molar-refractivity contribution is -0.127. The molecule has 2 atom stereocenters. The highest BCUT2D eigenvalue weighted by molar-refractivity contribution is 6.32. The van der Waals surface area contributed by atoms with Crippen LogP contribution in [0.25, 0.3) is 0 Å². The lowest BCUT2D eigenvalue weighted by Crippen LogP contribution is -2.42. The first-order valence-corrected chi connectivity index (χ1v) is 6.28. The van der Waals surface area contributed by atoms with Crippen molar-refractivity contribution in [1.82, 2.24) is 10.6 Å². The van der Waals surface area contributed by atoms with Gasteiger partial charge < -0.3 is 15.4 Å². The summed E-state index contributed by atoms with van der Waals surface area (Å²) >= 11 is 5.96. The van der Waals surface area contributed by atoms with Crippen molar-refractivity contribution in [2.75, 3.05) is 13.6 Å². The van der Waals surface area contributed by atoms with Crippen molar-refractivity contribution in [1.29, 1.82) is 0 Å². The molecule has 1 amide bonds. The number of nitrogens with one attached hydrogen (secondary N) is 2. The van der Waals surface area contributed by atoms with Crippen LogP contribution in [0.2, 0.25) is 5.02 Å². The van der Waals surface area contributed by atoms with E-state index in [1.807, 2.05) is 26.1 Å². The van der Waals surface area contributed by atoms with Crippen molar-refractivity contribution in [2.45, 2.75) is 26.0 Å². The number of benzene rings is 1. The molecule has 1 aromatic rings. The van der Waals surface area contributed by atoms with E-state index in [0.29, 0.717) is 17.3 Å². The first-order valence-electron chi connectivity index (χ1n) is 5.90. The van der Waals surface area contributed by atoms with E-state index in [4.69, 9.17) is 16.3 Å². The molecule has 0 heterocycles. The first kappa shape index (κ1) is 14.8. The fraction of sp³-hybridized carbons (Fsp3) is 0.462. The van der Waals surface area contributed by atoms with Crippen molar-refractivity contribution >= 4 is 17.5 Å². The van der Waals surface area contributed by atoms with Crippen LogP contribution in [0.5, 0.6) is 5.75 Å². The van der Waals surface area contributed by atoms with Gasteiger partial charge in [0.25, 0.3) is 5.91 Å². The van der Waals surface area contributed by atoms with Crippen LogP contribution in [0.3, 0.4) is 0 Å². The maximum Gasteiger partial charge on any atom is 0.260 e. The molecule has 0 spiro atoms. The van der Waals surface area contributed by atoms with Gasteiger partial charge in [-0.05, 0) is 33.0 Å². The summed E-state index contributed by atoms with van der Waals surface area (Å²) in [6.07, 6.45) is -0.575. The number of carbonyl (C=O) groups excluding carboxylic acids is 1. The molecule has 0 radical (unpaired) electrons. The van der Waals surface area contributed by atoms with E-state index < -0.39 is 6.10 Å². The summed E-state index contributed by atoms with van der Waals surface area (Å²) in [4.78, 5) is 11.8. The van der Waals surface area contributed by atoms with Crippen molar-refractivity contribution in [3.63, 3.8) is 0 Å². The number of likely N-dealkylation sites (N-methyl/N-ethyl adjacent to an activating group) is 1. The number of carbonyl (C=O) groups is 1. The van der Waals surface area contributed by atoms with Gasteiger partial charge in [0.15, 0.2) is 6.10 Å². The summed E-state index contributed by atoms with van der Waals surface area (Å²) in [6, 6.07) is 7.32. The van der Waals surface area contributed by atoms with Crippen molar-refractivity contribution in [3.8, 4) is 5.75 Å². The van der Waals surface area contributed by atoms with Gasteiger partial charge in [0.05, 0.1) is 5.02 Å². The Morgan fingerprint density at radius 2 is 2.06 bits per heavy atom. The van der Waals surface area contributed by atoms with E-state index in [9.17, 15) is 4.79 Å². The predicted octanol–water partition coefficient (Wildman–Crippen LogP) is 1.83. The van der Waals surface area contributed by atoms with Gasteiger partial charge in [-0.2, -0.15) is 0 Å². The molecular formula is C13H19ClN2O2. The zero-order valence-electron chi connectivity index (χ0n) is 10.9. The third-order valence-corrected chi connectivity index (χ3v) is 2.90. The second-order valence-corrected chi connectivity index (χ2v) is 4.53. The Labute approximate surface area is 113 Å². The van der Waals surface area contributed by atoms with Crippen LogP contribution in [0, 0.1) is 0 Å². The van der Waals surface area contributed by atoms with E-state index in [2.05, 4.69) is 10.6 Å². The van der Waals surface area contributed by atoms with E-state index in [1.165, 1.54) is 0 Å². The normalized spacial score (nSPS) is 13.8. The van der Waals surface area contributed by atoms with Crippen molar-refractivity contribution < 1.29 is 9.53 Å². The minimum atomic E-state index is -0.575. The van der Waals surface area contributed by atoms with E-state index in [0.717, 1.165) is 0 Å². The zero-order valence-corrected chi connectivity index (χ0v) is 11.6. The Bertz CT molecular complexity index is 398. The van der Waals surface area contributed by atoms with Gasteiger partial charge in [0, 0.05) is 12.6 Å². The third kappa shape index (κ3) is 4.55. The number of ether oxygens (including phenoxy) is 1. The van der Waals surface area contributed by atoms with E-state index in [1.54, 1.807) is 19.1 Å². The smallest absolute Gasteiger partial charge is 0.260 e. The monoisotopic (exact) mass is 270 g/mol. The Balaban J connectivity index is 2.47. The van der Waals surface area contributed by atoms with Crippen LogP contribution >= 0.6 is 11.6 Å². The average molecular weight is 271 g/mol. The number of halogens is 1. The minimum Gasteiger partial charge on any atom is -0.479 e. The van der Waals surface area contributed by atoms with Crippen LogP contribution in [0.15, 0.2) is 24.3 Å². The van der Waals surface area contributed by atoms with Crippen molar-refractivity contribution in [2.24, 2.45) is 0 Å². The van der Waals surface area contributed by atoms with Gasteiger partial charge in [0.1, 0.15) is 5.75 Å². The molecule has 0 aliphatic rings. The summed E-state index contributed by atoms with van der Waals surface area (Å²) in [6.45, 7) is 4.24. The summed E-state index contributed by atoms with van der Waals surface area (Å²) < 4.78 is 5.51. The second kappa shape index (κ2) is 7.24. The summed E-state index contributed by atoms with van der Waals surface area (Å²) in [5, 5.41) is 6.35. The minimum absolute atomic E-state index is 0.156. The molecule has 2 N–H and O–H groups in total. The molecule has 0 aromatic heterocycles. The molecule has 18 heavy (non-hydrogen) atoms. The third-order valence-electron chi connectivity index (χ3n) is 2.58. The van der Waals surface area contributed by atoms with E-state index >= 15 is 0 Å². The molecule has 0 saturated carbocycles. The molecule has 100 valence electrons. The highest BCUT2D eigenvalue weighted by Gasteiger charge is 2.15. The summed E-state index contributed by atoms with van der Waals surface area (Å²) in [5.41, 5.74) is 0. The Morgan fingerprint density at radius 1 is 1.39 bits per heavy atom. The lowest BCUT2D eigenvalue weighted by atomic mass is 10.3. The lowest BCUT2D eigenvalue weighted by Gasteiger charge is -2.17. The number of hydrogen-bond donors (Lipinski definition) is 2. The number of hydrogen-bond acceptors (Lipinski definition) is 3. The van der Waals surface area contributed by atoms with Gasteiger partial charge in [-0.1, -0.05) is 23.7 Å². The van der Waals surface area contributed by atoms with Gasteiger partial charge >= 0.3 is 0 Å². The van der Waals surface area contributed by atoms with Crippen LogP contribution in [0.4, 0.5) is 0 Å². The topological polar surface area (TPSA) is 50.4 Å². The van der Waals surface area contributed by atoms with Crippen LogP contribution < -0.4 is 15.4 Å². The number of amides is 1. The average Bonchev–Trinajstić information content (AvgIpc) is 2.38. The van der Waals surface area contributed by atoms with Gasteiger partial charge in [-0.25, -0.2) is 0 Å². The number of rotatable bonds is 6. The molecule has 0 aliphatic heterocycles. The Hall–Kier alpha value is -1.26. The summed E-state index contributed by atoms with van der Waals surface area (Å²) in [5.74, 6) is 0.362. The first-order chi connectivity index (χ1) is 8.54. The van der Waals surface area contributed by atoms with Gasteiger partial charge in [-0.15, -0.1) is 0 Å². The molecule has 5 heteroatoms. The van der Waals surface area contributed by atoms with Crippen LogP contribution in [0.1, 0.15) is 13.8 Å². The second-order valence-electron chi connectivity index (χ2n) is 4.13. The molecule has 1 aromatic carbocycles. The molecule has 0 fully saturated rings. The van der Waals surface area contributed by atoms with E-state index in [-0.39, 0.29) is 11.9 Å². The van der Waals surface area contributed by atoms with Crippen LogP contribution in [-0.2, 0) is 4.79 Å². The molecule has 4 nitrogen and oxygen atoms in total. The Morgan fingerprint density at radius 3 is 2.67 bits per heavy atom. The highest BCUT2D eigenvalue weighted by atomic mass is 35.5. The molecule has 1 rings (SSSR count). The molecular weight excluding hydrogens is 252 g/mol. The van der Waals surface area contributed by atoms with Gasteiger partial charge in [0.2, 0.25) is 0 Å². The fourth-order valence-corrected chi connectivity index (χ4v) is 1.46. The maximum atomic E-state index is 11.8. The van der Waals surface area contributed by atoms with Crippen molar-refractivity contribution in [3.05, 3.63) is 29.3 Å². The summed E-state index contributed by atoms with van der Waals surface area (Å²) in [7, 11) is 1.85. The van der Waals surface area contributed by atoms with Gasteiger partial charge in [-0.3, -0.25) is 4.79 Å². The SMILES string of the molecule is CNC(C)CNC(=O)C(C)Oc1ccccc1Cl. The zero-order chi connectivity index (χ0) is 13.5. The van der Waals surface area contributed by atoms with Crippen LogP contribution in [-0.4, -0.2) is 31.6 Å². The Kier molecular flexibility index (Phi) is 5.95. The highest BCUT2D eigenvalue weighted by Crippen LogP contribution is 2.24. The fourth-order valence-electron chi connectivity index (χ4n) is 1.28. The largest absolute Gasteiger partial charge is 0.479 e.